The highest BCUT2D eigenvalue weighted by atomic mass is 16.7. The molecule has 6 atom stereocenters. The number of ether oxygens (including phenoxy) is 5. The van der Waals surface area contributed by atoms with E-state index in [9.17, 15) is 24.9 Å². The average molecular weight is 974 g/mol. The maximum atomic E-state index is 14.5. The monoisotopic (exact) mass is 974 g/mol. The van der Waals surface area contributed by atoms with Crippen LogP contribution in [0.5, 0.6) is 11.5 Å². The van der Waals surface area contributed by atoms with Crippen LogP contribution in [0.25, 0.3) is 0 Å². The first-order chi connectivity index (χ1) is 34.3. The number of rotatable bonds is 35. The van der Waals surface area contributed by atoms with Gasteiger partial charge in [-0.3, -0.25) is 4.90 Å². The molecule has 70 heavy (non-hydrogen) atoms. The molecule has 2 aromatic carbocycles. The Morgan fingerprint density at radius 3 is 2.29 bits per heavy atom. The summed E-state index contributed by atoms with van der Waals surface area (Å²) in [5.41, 5.74) is 3.26. The minimum Gasteiger partial charge on any atom is -0.459 e. The van der Waals surface area contributed by atoms with Gasteiger partial charge in [0.2, 0.25) is 5.79 Å². The Hall–Kier alpha value is -4.73. The molecule has 4 N–H and O–H groups in total. The molecule has 0 aromatic heterocycles. The molecule has 5 rings (SSSR count). The van der Waals surface area contributed by atoms with Crippen LogP contribution in [0, 0.1) is 17.8 Å². The Labute approximate surface area is 417 Å². The molecule has 0 bridgehead atoms. The first-order valence-electron chi connectivity index (χ1n) is 26.3. The Kier molecular flexibility index (Phi) is 25.3. The number of nitrogens with one attached hydrogen (secondary N) is 1. The van der Waals surface area contributed by atoms with Crippen LogP contribution in [0.2, 0.25) is 0 Å². The molecule has 2 amide bonds. The van der Waals surface area contributed by atoms with Crippen LogP contribution in [0.3, 0.4) is 0 Å². The summed E-state index contributed by atoms with van der Waals surface area (Å²) in [4.78, 5) is 35.7. The van der Waals surface area contributed by atoms with Crippen LogP contribution in [0.15, 0.2) is 90.6 Å². The van der Waals surface area contributed by atoms with Crippen molar-refractivity contribution in [3.8, 4) is 11.5 Å². The Bertz CT molecular complexity index is 1930. The first kappa shape index (κ1) is 56.2. The largest absolute Gasteiger partial charge is 0.459 e. The number of allylic oxidation sites excluding steroid dienone is 1. The molecule has 1 heterocycles. The zero-order valence-corrected chi connectivity index (χ0v) is 42.0. The highest BCUT2D eigenvalue weighted by molar-refractivity contribution is 6.03. The van der Waals surface area contributed by atoms with Gasteiger partial charge in [-0.2, -0.15) is 0 Å². The smallest absolute Gasteiger partial charge is 0.412 e. The number of hydrogen-bond donors (Lipinski definition) is 4. The number of aliphatic hydroxyl groups excluding tert-OH is 3. The number of hydrogen-bond acceptors (Lipinski definition) is 12. The molecule has 1 saturated carbocycles. The number of amides is 2. The molecule has 3 aliphatic rings. The van der Waals surface area contributed by atoms with Gasteiger partial charge in [0, 0.05) is 44.2 Å². The van der Waals surface area contributed by atoms with Crippen LogP contribution >= 0.6 is 0 Å². The summed E-state index contributed by atoms with van der Waals surface area (Å²) in [6.07, 6.45) is 21.4. The van der Waals surface area contributed by atoms with Crippen molar-refractivity contribution in [2.45, 2.75) is 147 Å². The zero-order valence-electron chi connectivity index (χ0n) is 42.0. The van der Waals surface area contributed by atoms with Crippen LogP contribution < -0.4 is 14.8 Å². The van der Waals surface area contributed by atoms with E-state index < -0.39 is 29.9 Å². The second-order valence-corrected chi connectivity index (χ2v) is 18.8. The van der Waals surface area contributed by atoms with Gasteiger partial charge >= 0.3 is 12.2 Å². The predicted molar refractivity (Wildman–Crippen MR) is 273 cm³/mol. The van der Waals surface area contributed by atoms with Gasteiger partial charge in [0.25, 0.3) is 0 Å². The number of benzene rings is 2. The van der Waals surface area contributed by atoms with E-state index in [0.717, 1.165) is 61.6 Å². The fourth-order valence-corrected chi connectivity index (χ4v) is 10.4. The number of nitrogens with zero attached hydrogens (tertiary/aromatic N) is 2. The topological polar surface area (TPSA) is 178 Å². The van der Waals surface area contributed by atoms with Crippen LogP contribution in [-0.4, -0.2) is 109 Å². The van der Waals surface area contributed by atoms with E-state index in [1.165, 1.54) is 44.9 Å². The van der Waals surface area contributed by atoms with Gasteiger partial charge in [0.05, 0.1) is 44.7 Å². The molecular weight excluding hydrogens is 891 g/mol. The van der Waals surface area contributed by atoms with Crippen molar-refractivity contribution < 1.29 is 53.4 Å². The fourth-order valence-electron chi connectivity index (χ4n) is 10.4. The number of unbranched alkanes of at least 4 members (excludes halogenated alkanes) is 11. The molecule has 2 aliphatic carbocycles. The number of fused-ring (bicyclic) bond motifs is 2. The summed E-state index contributed by atoms with van der Waals surface area (Å²) >= 11 is 0. The van der Waals surface area contributed by atoms with E-state index in [4.69, 9.17) is 33.7 Å². The molecule has 0 unspecified atom stereocenters. The lowest BCUT2D eigenvalue weighted by atomic mass is 9.55. The van der Waals surface area contributed by atoms with Gasteiger partial charge < -0.3 is 49.2 Å². The summed E-state index contributed by atoms with van der Waals surface area (Å²) in [7, 11) is 0. The molecule has 0 spiro atoms. The van der Waals surface area contributed by atoms with Gasteiger partial charge in [-0.05, 0) is 79.7 Å². The first-order valence-corrected chi connectivity index (χ1v) is 26.3. The molecule has 0 radical (unpaired) electrons. The van der Waals surface area contributed by atoms with Gasteiger partial charge in [-0.1, -0.05) is 131 Å². The van der Waals surface area contributed by atoms with E-state index in [-0.39, 0.29) is 83.6 Å². The third kappa shape index (κ3) is 16.4. The average Bonchev–Trinajstić information content (AvgIpc) is 3.37. The van der Waals surface area contributed by atoms with Crippen molar-refractivity contribution in [2.24, 2.45) is 22.9 Å². The number of oxime groups is 1. The Balaban J connectivity index is 1.58. The van der Waals surface area contributed by atoms with Crippen molar-refractivity contribution in [2.75, 3.05) is 59.3 Å². The van der Waals surface area contributed by atoms with Gasteiger partial charge in [-0.15, -0.1) is 13.2 Å². The second kappa shape index (κ2) is 31.6. The highest BCUT2D eigenvalue weighted by Gasteiger charge is 2.65. The van der Waals surface area contributed by atoms with Gasteiger partial charge in [0.1, 0.15) is 24.1 Å². The second-order valence-electron chi connectivity index (χ2n) is 18.8. The summed E-state index contributed by atoms with van der Waals surface area (Å²) in [5, 5.41) is 37.4. The summed E-state index contributed by atoms with van der Waals surface area (Å²) in [5.74, 6) is -1.62. The molecule has 1 fully saturated rings. The normalized spacial score (nSPS) is 21.7. The SMILES string of the molecule is C=CCCOC(=O)N(CCOCCO)[C@H]1CC(=NOCc2ccccc2)C2=C[C@H](CCCCO)[C@@H](CCCCO)[C@@H]3c4cc(OC(=O)NCCCCCCCCCCCC)ccc4O[C@@]1(OCC=C)[C@H]23. The molecule has 2 aromatic rings. The van der Waals surface area contributed by atoms with Crippen molar-refractivity contribution in [1.82, 2.24) is 10.2 Å². The van der Waals surface area contributed by atoms with E-state index in [0.29, 0.717) is 43.0 Å². The predicted octanol–water partition coefficient (Wildman–Crippen LogP) is 10.6. The summed E-state index contributed by atoms with van der Waals surface area (Å²) < 4.78 is 32.1. The van der Waals surface area contributed by atoms with Crippen molar-refractivity contribution in [3.05, 3.63) is 96.6 Å². The standard InChI is InChI=1S/C56H83N3O11/c1-4-7-9-10-11-12-13-14-15-21-30-57-54(63)69-45-28-29-50-48(40-45)52-46(27-20-23-33-61)44(26-19-22-32-60)39-47-49(58-68-42-43-24-17-16-18-25-43)41-51(56(70-50,53(47)52)67-35-6-3)59(31-37-65-38-34-62)55(64)66-36-8-5-2/h5-6,16-18,24-25,28-29,39-40,44,46,51-53,60-62H,2-4,7-15,19-23,26-27,30-38,41-42H2,1H3,(H,57,63)/t44-,46+,51-,52+,53+,56+/m0/s1. The minimum absolute atomic E-state index is 0.00112. The van der Waals surface area contributed by atoms with Crippen LogP contribution in [-0.2, 0) is 25.7 Å². The molecule has 14 nitrogen and oxygen atoms in total. The van der Waals surface area contributed by atoms with E-state index in [2.05, 4.69) is 31.5 Å². The van der Waals surface area contributed by atoms with Crippen LogP contribution in [0.4, 0.5) is 9.59 Å². The lowest BCUT2D eigenvalue weighted by Gasteiger charge is -2.59. The third-order valence-corrected chi connectivity index (χ3v) is 13.8. The molecule has 0 saturated heterocycles. The Morgan fingerprint density at radius 1 is 0.857 bits per heavy atom. The fraction of sp³-hybridized carbons (Fsp3) is 0.625. The summed E-state index contributed by atoms with van der Waals surface area (Å²) in [6.45, 7) is 11.2. The van der Waals surface area contributed by atoms with E-state index in [1.807, 2.05) is 42.5 Å². The van der Waals surface area contributed by atoms with E-state index in [1.54, 1.807) is 23.1 Å². The number of carbonyl (C=O) groups is 2. The molecule has 388 valence electrons. The van der Waals surface area contributed by atoms with Crippen molar-refractivity contribution in [1.29, 1.82) is 0 Å². The molecule has 1 aliphatic heterocycles. The lowest BCUT2D eigenvalue weighted by Crippen LogP contribution is -2.70. The number of aliphatic hydroxyl groups is 3. The maximum absolute atomic E-state index is 14.5. The van der Waals surface area contributed by atoms with Gasteiger partial charge in [-0.25, -0.2) is 9.59 Å². The van der Waals surface area contributed by atoms with E-state index >= 15 is 0 Å². The van der Waals surface area contributed by atoms with Crippen molar-refractivity contribution in [3.63, 3.8) is 0 Å². The highest BCUT2D eigenvalue weighted by Crippen LogP contribution is 2.62. The van der Waals surface area contributed by atoms with Crippen LogP contribution in [0.1, 0.15) is 140 Å². The van der Waals surface area contributed by atoms with Crippen molar-refractivity contribution >= 4 is 17.9 Å². The lowest BCUT2D eigenvalue weighted by molar-refractivity contribution is -0.256. The number of carbonyl (C=O) groups excluding carboxylic acids is 2. The summed E-state index contributed by atoms with van der Waals surface area (Å²) in [6, 6.07) is 14.4. The quantitative estimate of drug-likeness (QED) is 0.0294. The zero-order chi connectivity index (χ0) is 49.8. The molecule has 14 heteroatoms. The minimum atomic E-state index is -1.54. The maximum Gasteiger partial charge on any atom is 0.412 e. The third-order valence-electron chi connectivity index (χ3n) is 13.8. The van der Waals surface area contributed by atoms with Gasteiger partial charge in [0.15, 0.2) is 0 Å². The molecular formula is C56H83N3O11. The Morgan fingerprint density at radius 2 is 1.59 bits per heavy atom.